The third kappa shape index (κ3) is 5.86. The molecule has 0 aliphatic carbocycles. The normalized spacial score (nSPS) is 10.6. The van der Waals surface area contributed by atoms with Crippen molar-refractivity contribution in [3.05, 3.63) is 64.5 Å². The van der Waals surface area contributed by atoms with Gasteiger partial charge in [-0.2, -0.15) is 0 Å². The molecular formula is C23H23NO8. The van der Waals surface area contributed by atoms with E-state index in [1.165, 1.54) is 25.3 Å². The van der Waals surface area contributed by atoms with Gasteiger partial charge in [0.1, 0.15) is 16.9 Å². The lowest BCUT2D eigenvalue weighted by Gasteiger charge is -2.10. The van der Waals surface area contributed by atoms with Gasteiger partial charge in [-0.3, -0.25) is 4.79 Å². The van der Waals surface area contributed by atoms with Crippen molar-refractivity contribution < 1.29 is 33.0 Å². The van der Waals surface area contributed by atoms with E-state index in [1.54, 1.807) is 37.4 Å². The number of rotatable bonds is 10. The Morgan fingerprint density at radius 1 is 1.03 bits per heavy atom. The lowest BCUT2D eigenvalue weighted by atomic mass is 10.1. The topological polar surface area (TPSA) is 113 Å². The van der Waals surface area contributed by atoms with Crippen LogP contribution in [0.3, 0.4) is 0 Å². The van der Waals surface area contributed by atoms with Crippen molar-refractivity contribution in [2.24, 2.45) is 0 Å². The number of methoxy groups -OCH3 is 2. The fourth-order valence-electron chi connectivity index (χ4n) is 2.86. The first-order valence-electron chi connectivity index (χ1n) is 9.83. The highest BCUT2D eigenvalue weighted by atomic mass is 16.6. The van der Waals surface area contributed by atoms with E-state index >= 15 is 0 Å². The molecule has 0 unspecified atom stereocenters. The number of ether oxygens (including phenoxy) is 4. The van der Waals surface area contributed by atoms with E-state index < -0.39 is 17.5 Å². The lowest BCUT2D eigenvalue weighted by molar-refractivity contribution is -0.136. The van der Waals surface area contributed by atoms with Crippen molar-refractivity contribution in [3.8, 4) is 17.2 Å². The molecule has 1 N–H and O–H groups in total. The SMILES string of the molecule is COCCCNC(=O)c1cc2ccc(OC(=O)COc3ccccc3OC)cc2oc1=O. The summed E-state index contributed by atoms with van der Waals surface area (Å²) in [6, 6.07) is 12.9. The fourth-order valence-corrected chi connectivity index (χ4v) is 2.86. The standard InChI is InChI=1S/C23H23NO8/c1-28-11-5-10-24-22(26)17-12-15-8-9-16(13-20(15)32-23(17)27)31-21(25)14-30-19-7-4-3-6-18(19)29-2/h3-4,6-9,12-13H,5,10-11,14H2,1-2H3,(H,24,26). The zero-order valence-corrected chi connectivity index (χ0v) is 17.7. The number of carbonyl (C=O) groups is 2. The van der Waals surface area contributed by atoms with Crippen LogP contribution in [0.15, 0.2) is 57.7 Å². The van der Waals surface area contributed by atoms with Gasteiger partial charge < -0.3 is 28.7 Å². The van der Waals surface area contributed by atoms with Crippen LogP contribution in [0, 0.1) is 0 Å². The van der Waals surface area contributed by atoms with Gasteiger partial charge in [-0.25, -0.2) is 9.59 Å². The van der Waals surface area contributed by atoms with Gasteiger partial charge in [0.25, 0.3) is 5.91 Å². The van der Waals surface area contributed by atoms with Crippen LogP contribution < -0.4 is 25.2 Å². The van der Waals surface area contributed by atoms with E-state index in [4.69, 9.17) is 23.4 Å². The Balaban J connectivity index is 1.65. The third-order valence-electron chi connectivity index (χ3n) is 4.41. The Morgan fingerprint density at radius 2 is 1.81 bits per heavy atom. The summed E-state index contributed by atoms with van der Waals surface area (Å²) in [6.07, 6.45) is 0.622. The summed E-state index contributed by atoms with van der Waals surface area (Å²) in [7, 11) is 3.07. The van der Waals surface area contributed by atoms with E-state index in [-0.39, 0.29) is 23.5 Å². The minimum atomic E-state index is -0.787. The van der Waals surface area contributed by atoms with Gasteiger partial charge in [0.2, 0.25) is 0 Å². The van der Waals surface area contributed by atoms with Gasteiger partial charge >= 0.3 is 11.6 Å². The van der Waals surface area contributed by atoms with E-state index in [0.29, 0.717) is 36.5 Å². The monoisotopic (exact) mass is 441 g/mol. The summed E-state index contributed by atoms with van der Waals surface area (Å²) in [5.41, 5.74) is -0.712. The first kappa shape index (κ1) is 22.8. The summed E-state index contributed by atoms with van der Waals surface area (Å²) in [6.45, 7) is 0.526. The predicted octanol–water partition coefficient (Wildman–Crippen LogP) is 2.55. The summed E-state index contributed by atoms with van der Waals surface area (Å²) < 4.78 is 26.0. The molecule has 0 saturated heterocycles. The van der Waals surface area contributed by atoms with Crippen LogP contribution in [-0.4, -0.2) is 45.9 Å². The van der Waals surface area contributed by atoms with Crippen molar-refractivity contribution >= 4 is 22.8 Å². The minimum Gasteiger partial charge on any atom is -0.493 e. The van der Waals surface area contributed by atoms with E-state index in [2.05, 4.69) is 5.32 Å². The molecule has 9 heteroatoms. The lowest BCUT2D eigenvalue weighted by Crippen LogP contribution is -2.29. The molecule has 0 bridgehead atoms. The molecule has 0 aliphatic heterocycles. The zero-order chi connectivity index (χ0) is 22.9. The molecule has 0 fully saturated rings. The molecule has 1 aromatic heterocycles. The Morgan fingerprint density at radius 3 is 2.56 bits per heavy atom. The molecule has 168 valence electrons. The zero-order valence-electron chi connectivity index (χ0n) is 17.7. The summed E-state index contributed by atoms with van der Waals surface area (Å²) >= 11 is 0. The number of esters is 1. The smallest absolute Gasteiger partial charge is 0.349 e. The Kier molecular flexibility index (Phi) is 7.82. The molecule has 0 saturated carbocycles. The van der Waals surface area contributed by atoms with Crippen molar-refractivity contribution in [3.63, 3.8) is 0 Å². The van der Waals surface area contributed by atoms with Crippen molar-refractivity contribution in [2.75, 3.05) is 34.0 Å². The molecule has 2 aromatic carbocycles. The maximum absolute atomic E-state index is 12.2. The molecule has 9 nitrogen and oxygen atoms in total. The molecule has 1 heterocycles. The highest BCUT2D eigenvalue weighted by molar-refractivity contribution is 5.96. The predicted molar refractivity (Wildman–Crippen MR) is 115 cm³/mol. The van der Waals surface area contributed by atoms with Crippen LogP contribution in [-0.2, 0) is 9.53 Å². The molecule has 3 aromatic rings. The van der Waals surface area contributed by atoms with E-state index in [9.17, 15) is 14.4 Å². The number of carbonyl (C=O) groups excluding carboxylic acids is 2. The van der Waals surface area contributed by atoms with E-state index in [0.717, 1.165) is 0 Å². The van der Waals surface area contributed by atoms with Gasteiger partial charge in [0, 0.05) is 31.7 Å². The van der Waals surface area contributed by atoms with E-state index in [1.807, 2.05) is 0 Å². The van der Waals surface area contributed by atoms with Gasteiger partial charge in [0.15, 0.2) is 18.1 Å². The molecule has 0 atom stereocenters. The quantitative estimate of drug-likeness (QED) is 0.221. The third-order valence-corrected chi connectivity index (χ3v) is 4.41. The average Bonchev–Trinajstić information content (AvgIpc) is 2.80. The number of benzene rings is 2. The second kappa shape index (κ2) is 11.0. The highest BCUT2D eigenvalue weighted by Crippen LogP contribution is 2.26. The fraction of sp³-hybridized carbons (Fsp3) is 0.261. The molecule has 32 heavy (non-hydrogen) atoms. The van der Waals surface area contributed by atoms with Crippen LogP contribution in [0.4, 0.5) is 0 Å². The van der Waals surface area contributed by atoms with Gasteiger partial charge in [0.05, 0.1) is 7.11 Å². The maximum Gasteiger partial charge on any atom is 0.349 e. The second-order valence-corrected chi connectivity index (χ2v) is 6.66. The average molecular weight is 441 g/mol. The number of hydrogen-bond donors (Lipinski definition) is 1. The Hall–Kier alpha value is -3.85. The van der Waals surface area contributed by atoms with Crippen LogP contribution in [0.2, 0.25) is 0 Å². The molecule has 1 amide bonds. The minimum absolute atomic E-state index is 0.107. The van der Waals surface area contributed by atoms with Crippen LogP contribution >= 0.6 is 0 Å². The van der Waals surface area contributed by atoms with Crippen molar-refractivity contribution in [1.82, 2.24) is 5.32 Å². The highest BCUT2D eigenvalue weighted by Gasteiger charge is 2.15. The summed E-state index contributed by atoms with van der Waals surface area (Å²) in [5, 5.41) is 3.15. The molecule has 0 radical (unpaired) electrons. The second-order valence-electron chi connectivity index (χ2n) is 6.66. The Bertz CT molecular complexity index is 1150. The summed E-state index contributed by atoms with van der Waals surface area (Å²) in [4.78, 5) is 36.6. The van der Waals surface area contributed by atoms with Crippen LogP contribution in [0.25, 0.3) is 11.0 Å². The van der Waals surface area contributed by atoms with Crippen LogP contribution in [0.1, 0.15) is 16.8 Å². The maximum atomic E-state index is 12.2. The first-order chi connectivity index (χ1) is 15.5. The number of nitrogens with one attached hydrogen (secondary N) is 1. The van der Waals surface area contributed by atoms with Gasteiger partial charge in [-0.15, -0.1) is 0 Å². The van der Waals surface area contributed by atoms with Gasteiger partial charge in [-0.1, -0.05) is 12.1 Å². The molecule has 3 rings (SSSR count). The number of fused-ring (bicyclic) bond motifs is 1. The number of hydrogen-bond acceptors (Lipinski definition) is 8. The first-order valence-corrected chi connectivity index (χ1v) is 9.83. The number of amides is 1. The molecular weight excluding hydrogens is 418 g/mol. The van der Waals surface area contributed by atoms with Gasteiger partial charge in [-0.05, 0) is 36.8 Å². The largest absolute Gasteiger partial charge is 0.493 e. The molecule has 0 aliphatic rings. The summed E-state index contributed by atoms with van der Waals surface area (Å²) in [5.74, 6) is -0.104. The Labute approximate surface area is 183 Å². The molecule has 0 spiro atoms. The van der Waals surface area contributed by atoms with Crippen molar-refractivity contribution in [2.45, 2.75) is 6.42 Å². The van der Waals surface area contributed by atoms with Crippen molar-refractivity contribution in [1.29, 1.82) is 0 Å². The number of para-hydroxylation sites is 2. The van der Waals surface area contributed by atoms with Crippen LogP contribution in [0.5, 0.6) is 17.2 Å².